The molecule has 31 heavy (non-hydrogen) atoms. The van der Waals surface area contributed by atoms with E-state index in [-0.39, 0.29) is 11.5 Å². The normalized spacial score (nSPS) is 17.6. The number of benzene rings is 1. The molecule has 1 N–H and O–H groups in total. The molecule has 5 heterocycles. The fourth-order valence-electron chi connectivity index (χ4n) is 4.18. The van der Waals surface area contributed by atoms with Crippen molar-refractivity contribution < 1.29 is 18.3 Å². The van der Waals surface area contributed by atoms with Gasteiger partial charge in [0.05, 0.1) is 5.69 Å². The smallest absolute Gasteiger partial charge is 0.395 e. The number of H-pyrrole nitrogens is 1. The van der Waals surface area contributed by atoms with E-state index in [1.807, 2.05) is 6.07 Å². The lowest BCUT2D eigenvalue weighted by Crippen LogP contribution is -2.26. The van der Waals surface area contributed by atoms with E-state index in [1.165, 1.54) is 23.8 Å². The third-order valence-electron chi connectivity index (χ3n) is 5.63. The summed E-state index contributed by atoms with van der Waals surface area (Å²) < 4.78 is 36.6. The quantitative estimate of drug-likeness (QED) is 0.468. The molecule has 0 amide bonds. The number of nitrogens with zero attached hydrogens (tertiary/aromatic N) is 3. The van der Waals surface area contributed by atoms with E-state index in [0.29, 0.717) is 16.9 Å². The Kier molecular flexibility index (Phi) is 4.22. The number of ether oxygens (including phenoxy) is 2. The van der Waals surface area contributed by atoms with Crippen molar-refractivity contribution in [2.24, 2.45) is 0 Å². The summed E-state index contributed by atoms with van der Waals surface area (Å²) in [6.45, 7) is 3.29. The minimum atomic E-state index is -3.68. The minimum Gasteiger partial charge on any atom is -0.395 e. The van der Waals surface area contributed by atoms with Gasteiger partial charge in [0, 0.05) is 39.0 Å². The number of alkyl halides is 2. The van der Waals surface area contributed by atoms with Crippen molar-refractivity contribution in [1.82, 2.24) is 20.1 Å². The molecule has 1 aromatic carbocycles. The molecule has 6 nitrogen and oxygen atoms in total. The van der Waals surface area contributed by atoms with E-state index in [0.717, 1.165) is 35.5 Å². The number of hydrogen-bond donors (Lipinski definition) is 1. The van der Waals surface area contributed by atoms with Gasteiger partial charge in [0.1, 0.15) is 0 Å². The second-order valence-electron chi connectivity index (χ2n) is 7.74. The largest absolute Gasteiger partial charge is 0.586 e. The summed E-state index contributed by atoms with van der Waals surface area (Å²) in [5.41, 5.74) is 2.49. The molecule has 2 aliphatic heterocycles. The average Bonchev–Trinajstić information content (AvgIpc) is 3.52. The van der Waals surface area contributed by atoms with E-state index in [9.17, 15) is 8.78 Å². The Hall–Kier alpha value is -3.04. The highest BCUT2D eigenvalue weighted by molar-refractivity contribution is 7.15. The molecule has 0 unspecified atom stereocenters. The van der Waals surface area contributed by atoms with E-state index >= 15 is 0 Å². The summed E-state index contributed by atoms with van der Waals surface area (Å²) in [7, 11) is 0. The van der Waals surface area contributed by atoms with Crippen LogP contribution in [0, 0.1) is 0 Å². The molecule has 6 rings (SSSR count). The Balaban J connectivity index is 1.37. The molecule has 0 bridgehead atoms. The van der Waals surface area contributed by atoms with Crippen molar-refractivity contribution in [3.8, 4) is 33.2 Å². The number of nitrogens with one attached hydrogen (secondary N) is 1. The lowest BCUT2D eigenvalue weighted by molar-refractivity contribution is -0.286. The predicted octanol–water partition coefficient (Wildman–Crippen LogP) is 5.27. The van der Waals surface area contributed by atoms with Crippen LogP contribution in [0.3, 0.4) is 0 Å². The second kappa shape index (κ2) is 7.00. The molecule has 9 heteroatoms. The number of aromatic amines is 1. The monoisotopic (exact) mass is 440 g/mol. The molecular formula is C22H18F2N4O2S. The Morgan fingerprint density at radius 1 is 1.13 bits per heavy atom. The van der Waals surface area contributed by atoms with Gasteiger partial charge in [-0.05, 0) is 56.3 Å². The van der Waals surface area contributed by atoms with Crippen molar-refractivity contribution in [2.75, 3.05) is 13.1 Å². The number of para-hydroxylation sites is 1. The Labute approximate surface area is 180 Å². The highest BCUT2D eigenvalue weighted by Crippen LogP contribution is 2.47. The van der Waals surface area contributed by atoms with Crippen LogP contribution in [0.25, 0.3) is 32.7 Å². The molecule has 0 spiro atoms. The zero-order valence-electron chi connectivity index (χ0n) is 16.4. The Bertz CT molecular complexity index is 1280. The zero-order valence-corrected chi connectivity index (χ0v) is 17.2. The first-order chi connectivity index (χ1) is 15.1. The van der Waals surface area contributed by atoms with Gasteiger partial charge in [-0.3, -0.25) is 10.00 Å². The van der Waals surface area contributed by atoms with Crippen LogP contribution in [0.2, 0.25) is 0 Å². The van der Waals surface area contributed by atoms with Crippen molar-refractivity contribution >= 4 is 22.4 Å². The van der Waals surface area contributed by atoms with Crippen LogP contribution in [-0.4, -0.2) is 39.5 Å². The van der Waals surface area contributed by atoms with E-state index in [2.05, 4.69) is 37.0 Å². The van der Waals surface area contributed by atoms with E-state index in [4.69, 9.17) is 4.74 Å². The molecule has 3 aromatic heterocycles. The van der Waals surface area contributed by atoms with Gasteiger partial charge in [0.25, 0.3) is 0 Å². The van der Waals surface area contributed by atoms with Crippen LogP contribution >= 0.6 is 11.3 Å². The van der Waals surface area contributed by atoms with Gasteiger partial charge in [-0.25, -0.2) is 4.98 Å². The number of halogens is 2. The summed E-state index contributed by atoms with van der Waals surface area (Å²) in [6.07, 6.45) is 0.653. The summed E-state index contributed by atoms with van der Waals surface area (Å²) in [5.74, 6) is -0.00773. The van der Waals surface area contributed by atoms with Gasteiger partial charge in [0.2, 0.25) is 0 Å². The number of pyridine rings is 1. The first-order valence-corrected chi connectivity index (χ1v) is 10.9. The molecule has 158 valence electrons. The molecule has 1 saturated heterocycles. The fraction of sp³-hybridized carbons (Fsp3) is 0.273. The lowest BCUT2D eigenvalue weighted by Gasteiger charge is -2.12. The van der Waals surface area contributed by atoms with E-state index < -0.39 is 6.29 Å². The van der Waals surface area contributed by atoms with Crippen LogP contribution in [0.15, 0.2) is 42.6 Å². The molecule has 0 atom stereocenters. The maximum absolute atomic E-state index is 13.6. The number of aromatic nitrogens is 3. The Morgan fingerprint density at radius 2 is 2.00 bits per heavy atom. The van der Waals surface area contributed by atoms with Gasteiger partial charge in [0.15, 0.2) is 17.1 Å². The van der Waals surface area contributed by atoms with E-state index in [1.54, 1.807) is 29.7 Å². The minimum absolute atomic E-state index is 0.000764. The first kappa shape index (κ1) is 18.7. The van der Waals surface area contributed by atoms with Crippen molar-refractivity contribution in [2.45, 2.75) is 25.7 Å². The van der Waals surface area contributed by atoms with Crippen molar-refractivity contribution in [1.29, 1.82) is 0 Å². The van der Waals surface area contributed by atoms with Gasteiger partial charge in [-0.1, -0.05) is 6.07 Å². The average molecular weight is 440 g/mol. The maximum Gasteiger partial charge on any atom is 0.586 e. The Morgan fingerprint density at radius 3 is 2.87 bits per heavy atom. The molecule has 4 aromatic rings. The third-order valence-corrected chi connectivity index (χ3v) is 6.75. The first-order valence-electron chi connectivity index (χ1n) is 10.1. The van der Waals surface area contributed by atoms with Crippen LogP contribution in [0.5, 0.6) is 11.5 Å². The molecular weight excluding hydrogens is 422 g/mol. The number of likely N-dealkylation sites (tertiary alicyclic amines) is 1. The second-order valence-corrected chi connectivity index (χ2v) is 8.91. The molecule has 0 radical (unpaired) electrons. The van der Waals surface area contributed by atoms with Crippen LogP contribution in [0.1, 0.15) is 17.7 Å². The molecule has 2 aliphatic rings. The number of fused-ring (bicyclic) bond motifs is 2. The van der Waals surface area contributed by atoms with Gasteiger partial charge in [-0.2, -0.15) is 5.10 Å². The van der Waals surface area contributed by atoms with Crippen LogP contribution < -0.4 is 9.47 Å². The standard InChI is InChI=1S/C22H18F2N4O2S/c23-22(24)29-17-5-3-4-15(20(17)30-22)19-16-10-13(11-25-21(16)27-26-19)18-7-6-14(31-18)12-28-8-1-2-9-28/h3-7,10-11H,1-2,8-9,12H2,(H,25,26,27). The van der Waals surface area contributed by atoms with Crippen molar-refractivity contribution in [3.05, 3.63) is 47.5 Å². The predicted molar refractivity (Wildman–Crippen MR) is 113 cm³/mol. The van der Waals surface area contributed by atoms with Crippen LogP contribution in [0.4, 0.5) is 8.78 Å². The highest BCUT2D eigenvalue weighted by atomic mass is 32.1. The van der Waals surface area contributed by atoms with Gasteiger partial charge in [-0.15, -0.1) is 20.1 Å². The van der Waals surface area contributed by atoms with Crippen LogP contribution in [-0.2, 0) is 6.54 Å². The number of thiophene rings is 1. The molecule has 0 aliphatic carbocycles. The zero-order chi connectivity index (χ0) is 21.0. The number of hydrogen-bond acceptors (Lipinski definition) is 6. The topological polar surface area (TPSA) is 63.3 Å². The highest BCUT2D eigenvalue weighted by Gasteiger charge is 2.44. The van der Waals surface area contributed by atoms with Crippen molar-refractivity contribution in [3.63, 3.8) is 0 Å². The lowest BCUT2D eigenvalue weighted by atomic mass is 10.1. The van der Waals surface area contributed by atoms with Gasteiger partial charge >= 0.3 is 6.29 Å². The summed E-state index contributed by atoms with van der Waals surface area (Å²) in [6, 6.07) is 11.1. The summed E-state index contributed by atoms with van der Waals surface area (Å²) in [4.78, 5) is 9.37. The fourth-order valence-corrected chi connectivity index (χ4v) is 5.22. The summed E-state index contributed by atoms with van der Waals surface area (Å²) >= 11 is 1.75. The third kappa shape index (κ3) is 3.34. The molecule has 1 fully saturated rings. The summed E-state index contributed by atoms with van der Waals surface area (Å²) in [5, 5.41) is 7.90. The number of rotatable bonds is 4. The SMILES string of the molecule is FC1(F)Oc2cccc(-c3[nH]nc4ncc(-c5ccc(CN6CCCC6)s5)cc34)c2O1. The molecule has 0 saturated carbocycles. The van der Waals surface area contributed by atoms with Gasteiger partial charge < -0.3 is 9.47 Å². The maximum atomic E-state index is 13.6.